The van der Waals surface area contributed by atoms with Crippen LogP contribution in [0, 0.1) is 0 Å². The molecule has 0 radical (unpaired) electrons. The first-order valence-electron chi connectivity index (χ1n) is 6.57. The van der Waals surface area contributed by atoms with Crippen LogP contribution >= 0.6 is 0 Å². The quantitative estimate of drug-likeness (QED) is 0.848. The van der Waals surface area contributed by atoms with Gasteiger partial charge in [0.2, 0.25) is 0 Å². The van der Waals surface area contributed by atoms with E-state index in [1.165, 1.54) is 0 Å². The molecule has 1 aromatic carbocycles. The Balaban J connectivity index is 2.45. The Morgan fingerprint density at radius 1 is 1.25 bits per heavy atom. The first-order chi connectivity index (χ1) is 9.69. The number of ether oxygens (including phenoxy) is 2. The molecule has 1 heterocycles. The molecular formula is C15H20N2O3. The summed E-state index contributed by atoms with van der Waals surface area (Å²) in [5.74, 6) is 2.15. The van der Waals surface area contributed by atoms with Gasteiger partial charge in [-0.3, -0.25) is 0 Å². The lowest BCUT2D eigenvalue weighted by molar-refractivity contribution is 0.282. The van der Waals surface area contributed by atoms with Gasteiger partial charge in [-0.15, -0.1) is 0 Å². The molecule has 0 fully saturated rings. The van der Waals surface area contributed by atoms with Crippen LogP contribution in [0.15, 0.2) is 24.4 Å². The number of aromatic nitrogens is 1. The molecule has 0 bridgehead atoms. The Bertz CT molecular complexity index is 587. The van der Waals surface area contributed by atoms with Gasteiger partial charge < -0.3 is 19.9 Å². The van der Waals surface area contributed by atoms with E-state index in [1.807, 2.05) is 25.1 Å². The Morgan fingerprint density at radius 2 is 1.95 bits per heavy atom. The van der Waals surface area contributed by atoms with Gasteiger partial charge in [0.15, 0.2) is 11.5 Å². The van der Waals surface area contributed by atoms with E-state index in [9.17, 15) is 0 Å². The first-order valence-corrected chi connectivity index (χ1v) is 6.57. The van der Waals surface area contributed by atoms with Crippen molar-refractivity contribution in [2.24, 2.45) is 0 Å². The minimum absolute atomic E-state index is 0.145. The molecule has 1 aromatic heterocycles. The number of benzene rings is 1. The number of fused-ring (bicyclic) bond motifs is 1. The molecule has 5 heteroatoms. The molecule has 2 N–H and O–H groups in total. The molecule has 1 atom stereocenters. The van der Waals surface area contributed by atoms with E-state index in [-0.39, 0.29) is 12.6 Å². The number of hydrogen-bond acceptors (Lipinski definition) is 5. The largest absolute Gasteiger partial charge is 0.493 e. The monoisotopic (exact) mass is 276 g/mol. The maximum atomic E-state index is 8.98. The third kappa shape index (κ3) is 2.93. The maximum absolute atomic E-state index is 8.98. The first kappa shape index (κ1) is 14.4. The van der Waals surface area contributed by atoms with Crippen molar-refractivity contribution in [2.45, 2.75) is 19.4 Å². The van der Waals surface area contributed by atoms with Crippen molar-refractivity contribution in [3.05, 3.63) is 24.4 Å². The fourth-order valence-electron chi connectivity index (χ4n) is 2.11. The van der Waals surface area contributed by atoms with Crippen molar-refractivity contribution in [1.29, 1.82) is 0 Å². The smallest absolute Gasteiger partial charge is 0.161 e. The number of rotatable bonds is 6. The van der Waals surface area contributed by atoms with E-state index >= 15 is 0 Å². The number of pyridine rings is 1. The molecule has 0 saturated carbocycles. The second-order valence-corrected chi connectivity index (χ2v) is 4.65. The van der Waals surface area contributed by atoms with Gasteiger partial charge in [0.1, 0.15) is 5.82 Å². The summed E-state index contributed by atoms with van der Waals surface area (Å²) in [5.41, 5.74) is 0. The van der Waals surface area contributed by atoms with Crippen molar-refractivity contribution in [2.75, 3.05) is 26.1 Å². The van der Waals surface area contributed by atoms with Crippen molar-refractivity contribution in [1.82, 2.24) is 4.98 Å². The van der Waals surface area contributed by atoms with E-state index in [0.717, 1.165) is 16.6 Å². The minimum atomic E-state index is 0.145. The van der Waals surface area contributed by atoms with Gasteiger partial charge in [-0.05, 0) is 36.9 Å². The van der Waals surface area contributed by atoms with Crippen LogP contribution in [0.25, 0.3) is 10.8 Å². The molecule has 0 aliphatic heterocycles. The summed E-state index contributed by atoms with van der Waals surface area (Å²) < 4.78 is 10.6. The molecule has 0 amide bonds. The lowest BCUT2D eigenvalue weighted by atomic mass is 10.1. The second-order valence-electron chi connectivity index (χ2n) is 4.65. The Kier molecular flexibility index (Phi) is 4.63. The zero-order valence-electron chi connectivity index (χ0n) is 12.0. The van der Waals surface area contributed by atoms with Crippen molar-refractivity contribution in [3.8, 4) is 11.5 Å². The molecule has 20 heavy (non-hydrogen) atoms. The van der Waals surface area contributed by atoms with Gasteiger partial charge in [-0.1, -0.05) is 0 Å². The number of hydrogen-bond donors (Lipinski definition) is 2. The van der Waals surface area contributed by atoms with Gasteiger partial charge >= 0.3 is 0 Å². The lowest BCUT2D eigenvalue weighted by Crippen LogP contribution is -2.17. The second kappa shape index (κ2) is 6.43. The van der Waals surface area contributed by atoms with Crippen LogP contribution < -0.4 is 14.8 Å². The highest BCUT2D eigenvalue weighted by molar-refractivity contribution is 5.94. The lowest BCUT2D eigenvalue weighted by Gasteiger charge is -2.16. The van der Waals surface area contributed by atoms with Crippen LogP contribution in [-0.2, 0) is 0 Å². The molecule has 108 valence electrons. The van der Waals surface area contributed by atoms with Crippen molar-refractivity contribution in [3.63, 3.8) is 0 Å². The van der Waals surface area contributed by atoms with E-state index in [4.69, 9.17) is 14.6 Å². The molecule has 2 aromatic rings. The minimum Gasteiger partial charge on any atom is -0.493 e. The maximum Gasteiger partial charge on any atom is 0.161 e. The van der Waals surface area contributed by atoms with Crippen LogP contribution in [0.3, 0.4) is 0 Å². The van der Waals surface area contributed by atoms with Gasteiger partial charge in [0.25, 0.3) is 0 Å². The number of aliphatic hydroxyl groups is 1. The molecule has 0 spiro atoms. The highest BCUT2D eigenvalue weighted by Gasteiger charge is 2.11. The van der Waals surface area contributed by atoms with Crippen molar-refractivity contribution < 1.29 is 14.6 Å². The summed E-state index contributed by atoms with van der Waals surface area (Å²) in [6.07, 6.45) is 2.42. The number of anilines is 1. The van der Waals surface area contributed by atoms with Gasteiger partial charge in [-0.25, -0.2) is 4.98 Å². The third-order valence-corrected chi connectivity index (χ3v) is 3.21. The molecule has 0 aliphatic carbocycles. The summed E-state index contributed by atoms with van der Waals surface area (Å²) in [6, 6.07) is 5.91. The van der Waals surface area contributed by atoms with E-state index in [2.05, 4.69) is 10.3 Å². The van der Waals surface area contributed by atoms with E-state index in [0.29, 0.717) is 17.9 Å². The van der Waals surface area contributed by atoms with Crippen LogP contribution in [0.5, 0.6) is 11.5 Å². The SMILES string of the molecule is COc1cc2ccnc(NC(C)CCO)c2cc1OC. The fourth-order valence-corrected chi connectivity index (χ4v) is 2.11. The highest BCUT2D eigenvalue weighted by Crippen LogP contribution is 2.34. The molecular weight excluding hydrogens is 256 g/mol. The van der Waals surface area contributed by atoms with Gasteiger partial charge in [0, 0.05) is 24.2 Å². The van der Waals surface area contributed by atoms with Crippen LogP contribution in [0.4, 0.5) is 5.82 Å². The highest BCUT2D eigenvalue weighted by atomic mass is 16.5. The summed E-state index contributed by atoms with van der Waals surface area (Å²) in [6.45, 7) is 2.16. The average molecular weight is 276 g/mol. The van der Waals surface area contributed by atoms with Crippen LogP contribution in [0.2, 0.25) is 0 Å². The number of aliphatic hydroxyl groups excluding tert-OH is 1. The number of methoxy groups -OCH3 is 2. The Labute approximate surface area is 118 Å². The van der Waals surface area contributed by atoms with Crippen LogP contribution in [-0.4, -0.2) is 37.0 Å². The number of nitrogens with zero attached hydrogens (tertiary/aromatic N) is 1. The predicted molar refractivity (Wildman–Crippen MR) is 79.6 cm³/mol. The average Bonchev–Trinajstić information content (AvgIpc) is 2.46. The third-order valence-electron chi connectivity index (χ3n) is 3.21. The van der Waals surface area contributed by atoms with Gasteiger partial charge in [-0.2, -0.15) is 0 Å². The zero-order valence-corrected chi connectivity index (χ0v) is 12.0. The molecule has 1 unspecified atom stereocenters. The van der Waals surface area contributed by atoms with E-state index < -0.39 is 0 Å². The molecule has 5 nitrogen and oxygen atoms in total. The molecule has 0 aliphatic rings. The zero-order chi connectivity index (χ0) is 14.5. The normalized spacial score (nSPS) is 12.2. The Morgan fingerprint density at radius 3 is 2.60 bits per heavy atom. The van der Waals surface area contributed by atoms with E-state index in [1.54, 1.807) is 20.4 Å². The van der Waals surface area contributed by atoms with Crippen LogP contribution in [0.1, 0.15) is 13.3 Å². The molecule has 0 saturated heterocycles. The predicted octanol–water partition coefficient (Wildman–Crippen LogP) is 2.43. The number of nitrogens with one attached hydrogen (secondary N) is 1. The topological polar surface area (TPSA) is 63.6 Å². The molecule has 2 rings (SSSR count). The summed E-state index contributed by atoms with van der Waals surface area (Å²) in [7, 11) is 3.23. The van der Waals surface area contributed by atoms with Gasteiger partial charge in [0.05, 0.1) is 14.2 Å². The fraction of sp³-hybridized carbons (Fsp3) is 0.400. The summed E-state index contributed by atoms with van der Waals surface area (Å²) >= 11 is 0. The van der Waals surface area contributed by atoms with Crippen molar-refractivity contribution >= 4 is 16.6 Å². The standard InChI is InChI=1S/C15H20N2O3/c1-10(5-7-18)17-15-12-9-14(20-3)13(19-2)8-11(12)4-6-16-15/h4,6,8-10,18H,5,7H2,1-3H3,(H,16,17). The summed E-state index contributed by atoms with van der Waals surface area (Å²) in [5, 5.41) is 14.3. The Hall–Kier alpha value is -2.01. The summed E-state index contributed by atoms with van der Waals surface area (Å²) in [4.78, 5) is 4.37.